The Hall–Kier alpha value is -1.91. The van der Waals surface area contributed by atoms with Gasteiger partial charge >= 0.3 is 12.1 Å². The number of nitrogens with one attached hydrogen (secondary N) is 1. The number of ether oxygens (including phenoxy) is 1. The van der Waals surface area contributed by atoms with Crippen molar-refractivity contribution in [3.05, 3.63) is 35.9 Å². The van der Waals surface area contributed by atoms with Gasteiger partial charge in [0.2, 0.25) is 0 Å². The average molecular weight is 267 g/mol. The summed E-state index contributed by atoms with van der Waals surface area (Å²) in [6.07, 6.45) is -0.713. The third-order valence-electron chi connectivity index (χ3n) is 2.25. The van der Waals surface area contributed by atoms with Crippen LogP contribution in [0.3, 0.4) is 0 Å². The fourth-order valence-corrected chi connectivity index (χ4v) is 1.49. The number of benzene rings is 1. The van der Waals surface area contributed by atoms with E-state index in [0.717, 1.165) is 5.56 Å². The molecule has 5 heteroatoms. The maximum absolute atomic E-state index is 12.9. The summed E-state index contributed by atoms with van der Waals surface area (Å²) in [6.45, 7) is 5.07. The quantitative estimate of drug-likeness (QED) is 0.853. The molecule has 0 aromatic heterocycles. The summed E-state index contributed by atoms with van der Waals surface area (Å²) in [5.41, 5.74) is 0.0651. The van der Waals surface area contributed by atoms with Crippen LogP contribution in [0.4, 0.5) is 9.18 Å². The largest absolute Gasteiger partial charge is 0.444 e. The van der Waals surface area contributed by atoms with E-state index in [1.165, 1.54) is 0 Å². The second kappa shape index (κ2) is 6.31. The van der Waals surface area contributed by atoms with Crippen molar-refractivity contribution in [3.63, 3.8) is 0 Å². The predicted octanol–water partition coefficient (Wildman–Crippen LogP) is 2.62. The van der Waals surface area contributed by atoms with Gasteiger partial charge in [0.1, 0.15) is 11.6 Å². The molecular formula is C14H18FNO3. The molecule has 104 valence electrons. The van der Waals surface area contributed by atoms with E-state index < -0.39 is 23.8 Å². The number of rotatable bonds is 4. The van der Waals surface area contributed by atoms with Crippen LogP contribution in [0.1, 0.15) is 26.3 Å². The topological polar surface area (TPSA) is 55.4 Å². The van der Waals surface area contributed by atoms with Gasteiger partial charge in [0.05, 0.1) is 0 Å². The minimum Gasteiger partial charge on any atom is -0.444 e. The zero-order valence-electron chi connectivity index (χ0n) is 11.3. The SMILES string of the molecule is CC(C)(C)OC(=O)N[C@@H](Cc1ccccc1)C(=O)F. The van der Waals surface area contributed by atoms with Gasteiger partial charge in [-0.3, -0.25) is 4.79 Å². The molecule has 1 N–H and O–H groups in total. The van der Waals surface area contributed by atoms with Crippen LogP contribution >= 0.6 is 0 Å². The van der Waals surface area contributed by atoms with Crippen molar-refractivity contribution in [3.8, 4) is 0 Å². The fraction of sp³-hybridized carbons (Fsp3) is 0.429. The minimum atomic E-state index is -1.59. The second-order valence-corrected chi connectivity index (χ2v) is 5.19. The van der Waals surface area contributed by atoms with Gasteiger partial charge in [-0.2, -0.15) is 4.39 Å². The van der Waals surface area contributed by atoms with E-state index in [1.54, 1.807) is 45.0 Å². The second-order valence-electron chi connectivity index (χ2n) is 5.19. The van der Waals surface area contributed by atoms with Crippen LogP contribution in [0.5, 0.6) is 0 Å². The number of carbonyl (C=O) groups excluding carboxylic acids is 2. The Morgan fingerprint density at radius 3 is 2.32 bits per heavy atom. The summed E-state index contributed by atoms with van der Waals surface area (Å²) in [6, 6.07) is 6.08. The van der Waals surface area contributed by atoms with Gasteiger partial charge < -0.3 is 10.1 Å². The van der Waals surface area contributed by atoms with Crippen molar-refractivity contribution in [1.82, 2.24) is 5.32 Å². The molecule has 1 atom stereocenters. The van der Waals surface area contributed by atoms with Gasteiger partial charge in [0.25, 0.3) is 0 Å². The smallest absolute Gasteiger partial charge is 0.408 e. The van der Waals surface area contributed by atoms with Crippen LogP contribution < -0.4 is 5.32 Å². The van der Waals surface area contributed by atoms with Crippen LogP contribution in [0, 0.1) is 0 Å². The van der Waals surface area contributed by atoms with Crippen LogP contribution in [0.25, 0.3) is 0 Å². The number of alkyl carbamates (subject to hydrolysis) is 1. The summed E-state index contributed by atoms with van der Waals surface area (Å²) in [5.74, 6) is 0. The molecular weight excluding hydrogens is 249 g/mol. The molecule has 0 unspecified atom stereocenters. The van der Waals surface area contributed by atoms with Gasteiger partial charge in [-0.25, -0.2) is 4.79 Å². The predicted molar refractivity (Wildman–Crippen MR) is 69.4 cm³/mol. The molecule has 0 spiro atoms. The lowest BCUT2D eigenvalue weighted by Crippen LogP contribution is -2.43. The van der Waals surface area contributed by atoms with E-state index in [1.807, 2.05) is 6.07 Å². The van der Waals surface area contributed by atoms with Crippen LogP contribution in [-0.4, -0.2) is 23.8 Å². The van der Waals surface area contributed by atoms with Crippen LogP contribution in [-0.2, 0) is 16.0 Å². The van der Waals surface area contributed by atoms with Crippen LogP contribution in [0.2, 0.25) is 0 Å². The molecule has 0 aliphatic rings. The van der Waals surface area contributed by atoms with Gasteiger partial charge in [-0.1, -0.05) is 30.3 Å². The van der Waals surface area contributed by atoms with E-state index in [9.17, 15) is 14.0 Å². The first-order valence-corrected chi connectivity index (χ1v) is 6.01. The molecule has 0 saturated carbocycles. The lowest BCUT2D eigenvalue weighted by molar-refractivity contribution is -0.131. The van der Waals surface area contributed by atoms with Gasteiger partial charge in [0, 0.05) is 6.42 Å². The van der Waals surface area contributed by atoms with Gasteiger partial charge in [0.15, 0.2) is 0 Å². The van der Waals surface area contributed by atoms with Crippen molar-refractivity contribution >= 4 is 12.1 Å². The number of carbonyl (C=O) groups is 2. The number of amides is 1. The zero-order valence-corrected chi connectivity index (χ0v) is 11.3. The Morgan fingerprint density at radius 2 is 1.84 bits per heavy atom. The maximum Gasteiger partial charge on any atom is 0.408 e. The number of hydrogen-bond donors (Lipinski definition) is 1. The van der Waals surface area contributed by atoms with Crippen molar-refractivity contribution in [2.24, 2.45) is 0 Å². The summed E-state index contributed by atoms with van der Waals surface area (Å²) in [4.78, 5) is 22.4. The molecule has 0 bridgehead atoms. The molecule has 1 aromatic rings. The highest BCUT2D eigenvalue weighted by molar-refractivity contribution is 5.80. The Kier molecular flexibility index (Phi) is 5.03. The molecule has 0 saturated heterocycles. The zero-order chi connectivity index (χ0) is 14.5. The fourth-order valence-electron chi connectivity index (χ4n) is 1.49. The van der Waals surface area contributed by atoms with Crippen molar-refractivity contribution in [1.29, 1.82) is 0 Å². The van der Waals surface area contributed by atoms with E-state index in [2.05, 4.69) is 5.32 Å². The van der Waals surface area contributed by atoms with Gasteiger partial charge in [-0.05, 0) is 26.3 Å². The van der Waals surface area contributed by atoms with Crippen LogP contribution in [0.15, 0.2) is 30.3 Å². The molecule has 4 nitrogen and oxygen atoms in total. The minimum absolute atomic E-state index is 0.0927. The molecule has 19 heavy (non-hydrogen) atoms. The molecule has 0 fully saturated rings. The molecule has 0 heterocycles. The van der Waals surface area contributed by atoms with E-state index in [0.29, 0.717) is 0 Å². The molecule has 0 aliphatic heterocycles. The van der Waals surface area contributed by atoms with Crippen molar-refractivity contribution in [2.75, 3.05) is 0 Å². The van der Waals surface area contributed by atoms with E-state index in [-0.39, 0.29) is 6.42 Å². The normalized spacial score (nSPS) is 12.6. The van der Waals surface area contributed by atoms with E-state index in [4.69, 9.17) is 4.74 Å². The highest BCUT2D eigenvalue weighted by atomic mass is 19.1. The summed E-state index contributed by atoms with van der Waals surface area (Å²) in [7, 11) is 0. The summed E-state index contributed by atoms with van der Waals surface area (Å²) in [5, 5.41) is 2.24. The van der Waals surface area contributed by atoms with Crippen molar-refractivity contribution in [2.45, 2.75) is 38.8 Å². The summed E-state index contributed by atoms with van der Waals surface area (Å²) >= 11 is 0. The Bertz CT molecular complexity index is 440. The standard InChI is InChI=1S/C14H18FNO3/c1-14(2,3)19-13(18)16-11(12(15)17)9-10-7-5-4-6-8-10/h4-8,11H,9H2,1-3H3,(H,16,18)/t11-/m0/s1. The molecule has 1 amide bonds. The first-order chi connectivity index (χ1) is 8.78. The average Bonchev–Trinajstić information content (AvgIpc) is 2.26. The maximum atomic E-state index is 12.9. The first-order valence-electron chi connectivity index (χ1n) is 6.01. The highest BCUT2D eigenvalue weighted by Gasteiger charge is 2.24. The molecule has 0 radical (unpaired) electrons. The molecule has 0 aliphatic carbocycles. The third-order valence-corrected chi connectivity index (χ3v) is 2.25. The highest BCUT2D eigenvalue weighted by Crippen LogP contribution is 2.09. The van der Waals surface area contributed by atoms with E-state index >= 15 is 0 Å². The lowest BCUT2D eigenvalue weighted by Gasteiger charge is -2.21. The Balaban J connectivity index is 2.64. The first kappa shape index (κ1) is 15.1. The number of halogens is 1. The van der Waals surface area contributed by atoms with Gasteiger partial charge in [-0.15, -0.1) is 0 Å². The Labute approximate surface area is 112 Å². The number of hydrogen-bond acceptors (Lipinski definition) is 3. The monoisotopic (exact) mass is 267 g/mol. The molecule has 1 aromatic carbocycles. The third kappa shape index (κ3) is 5.99. The summed E-state index contributed by atoms with van der Waals surface area (Å²) < 4.78 is 17.9. The molecule has 1 rings (SSSR count). The lowest BCUT2D eigenvalue weighted by atomic mass is 10.1. The van der Waals surface area contributed by atoms with Crippen molar-refractivity contribution < 1.29 is 18.7 Å². The Morgan fingerprint density at radius 1 is 1.26 bits per heavy atom.